The number of likely N-dealkylation sites (tertiary alicyclic amines) is 1. The number of carbonyl (C=O) groups excluding carboxylic acids is 2. The molecule has 0 aromatic heterocycles. The number of nitrogens with zero attached hydrogens (tertiary/aromatic N) is 3. The lowest BCUT2D eigenvalue weighted by molar-refractivity contribution is -0.155. The first-order valence-electron chi connectivity index (χ1n) is 14.9. The first kappa shape index (κ1) is 35.0. The van der Waals surface area contributed by atoms with Crippen molar-refractivity contribution in [2.24, 2.45) is 0 Å². The van der Waals surface area contributed by atoms with Gasteiger partial charge in [-0.05, 0) is 73.0 Å². The van der Waals surface area contributed by atoms with E-state index in [0.717, 1.165) is 24.5 Å². The molecule has 2 amide bonds. The van der Waals surface area contributed by atoms with Gasteiger partial charge in [-0.25, -0.2) is 0 Å². The molecule has 3 aromatic rings. The molecule has 6 nitrogen and oxygen atoms in total. The molecule has 252 valence electrons. The summed E-state index contributed by atoms with van der Waals surface area (Å²) in [5.74, 6) is -1.48. The summed E-state index contributed by atoms with van der Waals surface area (Å²) >= 11 is 12.4. The summed E-state index contributed by atoms with van der Waals surface area (Å²) in [6.07, 6.45) is -8.86. The molecule has 2 saturated heterocycles. The third-order valence-corrected chi connectivity index (χ3v) is 9.33. The van der Waals surface area contributed by atoms with Crippen molar-refractivity contribution >= 4 is 35.0 Å². The smallest absolute Gasteiger partial charge is 0.341 e. The second kappa shape index (κ2) is 14.0. The first-order valence-corrected chi connectivity index (χ1v) is 15.7. The zero-order chi connectivity index (χ0) is 34.1. The Bertz CT molecular complexity index is 1560. The second-order valence-corrected chi connectivity index (χ2v) is 12.7. The van der Waals surface area contributed by atoms with Crippen molar-refractivity contribution in [1.29, 1.82) is 0 Å². The molecule has 2 heterocycles. The number of benzene rings is 3. The Balaban J connectivity index is 1.45. The highest BCUT2D eigenvalue weighted by atomic mass is 35.5. The number of halogens is 8. The number of rotatable bonds is 7. The second-order valence-electron chi connectivity index (χ2n) is 11.9. The molecule has 2 unspecified atom stereocenters. The predicted molar refractivity (Wildman–Crippen MR) is 166 cm³/mol. The number of piperazine rings is 1. The topological polar surface area (TPSA) is 55.9 Å². The normalized spacial score (nSPS) is 20.1. The Morgan fingerprint density at radius 1 is 0.851 bits per heavy atom. The number of alkyl halides is 6. The van der Waals surface area contributed by atoms with E-state index in [1.54, 1.807) is 6.07 Å². The van der Waals surface area contributed by atoms with Gasteiger partial charge in [0.05, 0.1) is 33.8 Å². The van der Waals surface area contributed by atoms with Gasteiger partial charge in [0.15, 0.2) is 0 Å². The largest absolute Gasteiger partial charge is 0.416 e. The fraction of sp³-hybridized carbons (Fsp3) is 0.394. The molecule has 0 saturated carbocycles. The number of nitrogens with one attached hydrogen (secondary N) is 1. The molecule has 14 heteroatoms. The van der Waals surface area contributed by atoms with Crippen LogP contribution in [0.25, 0.3) is 0 Å². The zero-order valence-corrected chi connectivity index (χ0v) is 26.7. The van der Waals surface area contributed by atoms with Crippen LogP contribution in [0.2, 0.25) is 10.0 Å². The van der Waals surface area contributed by atoms with E-state index in [0.29, 0.717) is 30.5 Å². The fourth-order valence-electron chi connectivity index (χ4n) is 6.15. The molecule has 1 N–H and O–H groups in total. The van der Waals surface area contributed by atoms with Crippen molar-refractivity contribution in [1.82, 2.24) is 20.0 Å². The third kappa shape index (κ3) is 8.22. The number of amides is 2. The van der Waals surface area contributed by atoms with Gasteiger partial charge in [0.25, 0.3) is 0 Å². The van der Waals surface area contributed by atoms with Gasteiger partial charge >= 0.3 is 12.4 Å². The average molecular weight is 702 g/mol. The zero-order valence-electron chi connectivity index (χ0n) is 25.2. The minimum atomic E-state index is -5.14. The van der Waals surface area contributed by atoms with Gasteiger partial charge in [-0.2, -0.15) is 26.3 Å². The molecular formula is C33H32Cl2F6N4O2. The molecule has 2 atom stereocenters. The van der Waals surface area contributed by atoms with Crippen molar-refractivity contribution in [2.45, 2.75) is 49.9 Å². The van der Waals surface area contributed by atoms with E-state index in [1.165, 1.54) is 29.6 Å². The Morgan fingerprint density at radius 2 is 1.47 bits per heavy atom. The molecule has 0 bridgehead atoms. The lowest BCUT2D eigenvalue weighted by atomic mass is 9.91. The van der Waals surface area contributed by atoms with Gasteiger partial charge in [0, 0.05) is 26.2 Å². The summed E-state index contributed by atoms with van der Waals surface area (Å²) in [5.41, 5.74) is -2.17. The van der Waals surface area contributed by atoms with Gasteiger partial charge in [-0.3, -0.25) is 14.5 Å². The van der Waals surface area contributed by atoms with E-state index >= 15 is 0 Å². The molecule has 47 heavy (non-hydrogen) atoms. The number of piperidine rings is 1. The minimum absolute atomic E-state index is 0.00512. The highest BCUT2D eigenvalue weighted by Gasteiger charge is 2.46. The molecular weight excluding hydrogens is 669 g/mol. The van der Waals surface area contributed by atoms with Gasteiger partial charge in [-0.15, -0.1) is 0 Å². The first-order chi connectivity index (χ1) is 22.1. The summed E-state index contributed by atoms with van der Waals surface area (Å²) < 4.78 is 83.1. The fourth-order valence-corrected chi connectivity index (χ4v) is 6.45. The molecule has 2 fully saturated rings. The highest BCUT2D eigenvalue weighted by molar-refractivity contribution is 6.42. The Hall–Kier alpha value is -3.32. The maximum absolute atomic E-state index is 14.1. The van der Waals surface area contributed by atoms with E-state index in [2.05, 4.69) is 10.2 Å². The Morgan fingerprint density at radius 3 is 2.04 bits per heavy atom. The molecule has 0 aliphatic carbocycles. The van der Waals surface area contributed by atoms with Gasteiger partial charge < -0.3 is 15.1 Å². The molecule has 0 spiro atoms. The number of likely N-dealkylation sites (N-methyl/N-ethyl adjacent to an activating group) is 1. The number of hydrogen-bond acceptors (Lipinski definition) is 4. The van der Waals surface area contributed by atoms with Crippen LogP contribution in [-0.2, 0) is 28.5 Å². The standard InChI is InChI=1S/C33H32Cl2F6N4O2/c1-43-19-28(21-7-8-26(34)27(35)15-21)45(29(46)17-42-25-9-11-44(12-10-25)18-20-5-3-2-4-6-20)30(31(43)47)22-13-23(32(36,37)38)16-24(14-22)33(39,40)41/h2-8,13-16,25,28,30,42H,9-12,17-19H2,1H3. The minimum Gasteiger partial charge on any atom is -0.341 e. The molecule has 3 aromatic carbocycles. The number of hydrogen-bond donors (Lipinski definition) is 1. The van der Waals surface area contributed by atoms with E-state index in [9.17, 15) is 35.9 Å². The monoisotopic (exact) mass is 700 g/mol. The predicted octanol–water partition coefficient (Wildman–Crippen LogP) is 7.37. The van der Waals surface area contributed by atoms with Crippen LogP contribution in [0, 0.1) is 0 Å². The SMILES string of the molecule is CN1CC(c2ccc(Cl)c(Cl)c2)N(C(=O)CNC2CCN(Cc3ccccc3)CC2)C(c2cc(C(F)(F)F)cc(C(F)(F)F)c2)C1=O. The van der Waals surface area contributed by atoms with E-state index in [-0.39, 0.29) is 35.2 Å². The third-order valence-electron chi connectivity index (χ3n) is 8.59. The summed E-state index contributed by atoms with van der Waals surface area (Å²) in [7, 11) is 1.38. The Labute approximate surface area is 278 Å². The highest BCUT2D eigenvalue weighted by Crippen LogP contribution is 2.43. The lowest BCUT2D eigenvalue weighted by Gasteiger charge is -2.46. The van der Waals surface area contributed by atoms with Crippen molar-refractivity contribution in [3.63, 3.8) is 0 Å². The summed E-state index contributed by atoms with van der Waals surface area (Å²) in [5, 5.41) is 3.55. The molecule has 2 aliphatic heterocycles. The van der Waals surface area contributed by atoms with Crippen molar-refractivity contribution in [3.8, 4) is 0 Å². The molecule has 2 aliphatic rings. The van der Waals surface area contributed by atoms with E-state index in [1.807, 2.05) is 30.3 Å². The van der Waals surface area contributed by atoms with Crippen LogP contribution >= 0.6 is 23.2 Å². The molecule has 0 radical (unpaired) electrons. The number of carbonyl (C=O) groups is 2. The van der Waals surface area contributed by atoms with E-state index in [4.69, 9.17) is 23.2 Å². The van der Waals surface area contributed by atoms with Crippen LogP contribution in [-0.4, -0.2) is 65.8 Å². The van der Waals surface area contributed by atoms with Crippen LogP contribution < -0.4 is 5.32 Å². The maximum Gasteiger partial charge on any atom is 0.416 e. The Kier molecular flexibility index (Phi) is 10.5. The van der Waals surface area contributed by atoms with Crippen LogP contribution in [0.3, 0.4) is 0 Å². The van der Waals surface area contributed by atoms with Crippen molar-refractivity contribution in [3.05, 3.63) is 105 Å². The van der Waals surface area contributed by atoms with Crippen LogP contribution in [0.4, 0.5) is 26.3 Å². The van der Waals surface area contributed by atoms with Gasteiger partial charge in [-0.1, -0.05) is 59.6 Å². The summed E-state index contributed by atoms with van der Waals surface area (Å²) in [6.45, 7) is 1.92. The van der Waals surface area contributed by atoms with Crippen LogP contribution in [0.1, 0.15) is 52.7 Å². The summed E-state index contributed by atoms with van der Waals surface area (Å²) in [4.78, 5) is 32.3. The van der Waals surface area contributed by atoms with Crippen molar-refractivity contribution < 1.29 is 35.9 Å². The van der Waals surface area contributed by atoms with Crippen molar-refractivity contribution in [2.75, 3.05) is 33.2 Å². The average Bonchev–Trinajstić information content (AvgIpc) is 3.02. The van der Waals surface area contributed by atoms with Gasteiger partial charge in [0.2, 0.25) is 11.8 Å². The molecule has 5 rings (SSSR count). The van der Waals surface area contributed by atoms with Gasteiger partial charge in [0.1, 0.15) is 6.04 Å². The van der Waals surface area contributed by atoms with Crippen LogP contribution in [0.15, 0.2) is 66.7 Å². The van der Waals surface area contributed by atoms with E-state index < -0.39 is 52.9 Å². The lowest BCUT2D eigenvalue weighted by Crippen LogP contribution is -2.56. The summed E-state index contributed by atoms with van der Waals surface area (Å²) in [6, 6.07) is 12.7. The van der Waals surface area contributed by atoms with Crippen LogP contribution in [0.5, 0.6) is 0 Å². The quantitative estimate of drug-likeness (QED) is 0.262. The maximum atomic E-state index is 14.1.